The highest BCUT2D eigenvalue weighted by Crippen LogP contribution is 2.32. The number of hydrogen-bond acceptors (Lipinski definition) is 3. The van der Waals surface area contributed by atoms with E-state index >= 15 is 0 Å². The number of pyridine rings is 1. The molecule has 2 N–H and O–H groups in total. The van der Waals surface area contributed by atoms with E-state index in [4.69, 9.17) is 28.2 Å². The predicted octanol–water partition coefficient (Wildman–Crippen LogP) is 7.34. The average Bonchev–Trinajstić information content (AvgIpc) is 2.67. The Morgan fingerprint density at radius 3 is 2.33 bits per heavy atom. The van der Waals surface area contributed by atoms with Crippen molar-refractivity contribution in [3.8, 4) is 0 Å². The van der Waals surface area contributed by atoms with Crippen molar-refractivity contribution in [2.24, 2.45) is 0 Å². The maximum Gasteiger partial charge on any atom is 0.133 e. The largest absolute Gasteiger partial charge is 0.355 e. The summed E-state index contributed by atoms with van der Waals surface area (Å²) in [6, 6.07) is 23.6. The maximum atomic E-state index is 6.16. The van der Waals surface area contributed by atoms with Crippen LogP contribution in [0.5, 0.6) is 0 Å². The van der Waals surface area contributed by atoms with Crippen LogP contribution in [0.3, 0.4) is 0 Å². The quantitative estimate of drug-likeness (QED) is 0.380. The van der Waals surface area contributed by atoms with Gasteiger partial charge in [-0.25, -0.2) is 4.98 Å². The van der Waals surface area contributed by atoms with Crippen LogP contribution in [-0.2, 0) is 0 Å². The summed E-state index contributed by atoms with van der Waals surface area (Å²) in [5, 5.41) is 8.92. The number of aryl methyl sites for hydroxylation is 1. The molecule has 0 bridgehead atoms. The van der Waals surface area contributed by atoms with Crippen molar-refractivity contribution in [2.45, 2.75) is 6.92 Å². The molecule has 0 aliphatic heterocycles. The number of hydrogen-bond donors (Lipinski definition) is 2. The van der Waals surface area contributed by atoms with Crippen LogP contribution in [0.25, 0.3) is 10.9 Å². The second-order valence-corrected chi connectivity index (χ2v) is 7.08. The number of anilines is 4. The van der Waals surface area contributed by atoms with Crippen molar-refractivity contribution in [3.63, 3.8) is 0 Å². The summed E-state index contributed by atoms with van der Waals surface area (Å²) in [6.07, 6.45) is 0. The van der Waals surface area contributed by atoms with Crippen molar-refractivity contribution in [1.29, 1.82) is 0 Å². The van der Waals surface area contributed by atoms with E-state index in [1.165, 1.54) is 0 Å². The van der Waals surface area contributed by atoms with Crippen molar-refractivity contribution in [2.75, 3.05) is 10.6 Å². The number of rotatable bonds is 4. The van der Waals surface area contributed by atoms with Crippen LogP contribution in [-0.4, -0.2) is 4.98 Å². The molecular formula is C22H17Cl2N3. The van der Waals surface area contributed by atoms with Crippen LogP contribution in [0.2, 0.25) is 10.0 Å². The minimum Gasteiger partial charge on any atom is -0.355 e. The van der Waals surface area contributed by atoms with E-state index in [2.05, 4.69) is 23.6 Å². The first-order valence-corrected chi connectivity index (χ1v) is 9.30. The van der Waals surface area contributed by atoms with Crippen LogP contribution in [0.15, 0.2) is 72.8 Å². The van der Waals surface area contributed by atoms with Gasteiger partial charge in [-0.15, -0.1) is 0 Å². The minimum atomic E-state index is 0.512. The second kappa shape index (κ2) is 7.47. The SMILES string of the molecule is Cc1ccccc1Nc1cc(Nc2ccc(Cl)c(Cl)c2)c2ccccc2n1. The molecule has 0 atom stereocenters. The van der Waals surface area contributed by atoms with Crippen molar-refractivity contribution < 1.29 is 0 Å². The maximum absolute atomic E-state index is 6.16. The molecule has 3 aromatic carbocycles. The summed E-state index contributed by atoms with van der Waals surface area (Å²) >= 11 is 12.2. The smallest absolute Gasteiger partial charge is 0.133 e. The summed E-state index contributed by atoms with van der Waals surface area (Å²) in [5.74, 6) is 0.769. The Bertz CT molecular complexity index is 1130. The van der Waals surface area contributed by atoms with E-state index in [1.807, 2.05) is 60.7 Å². The van der Waals surface area contributed by atoms with Gasteiger partial charge in [-0.1, -0.05) is 59.6 Å². The fourth-order valence-corrected chi connectivity index (χ4v) is 3.22. The third-order valence-corrected chi connectivity index (χ3v) is 5.06. The number of fused-ring (bicyclic) bond motifs is 1. The third kappa shape index (κ3) is 3.85. The first-order chi connectivity index (χ1) is 13.1. The molecule has 27 heavy (non-hydrogen) atoms. The van der Waals surface area contributed by atoms with E-state index in [-0.39, 0.29) is 0 Å². The summed E-state index contributed by atoms with van der Waals surface area (Å²) in [5.41, 5.74) is 4.89. The van der Waals surface area contributed by atoms with E-state index in [1.54, 1.807) is 6.07 Å². The summed E-state index contributed by atoms with van der Waals surface area (Å²) in [7, 11) is 0. The zero-order valence-corrected chi connectivity index (χ0v) is 16.1. The van der Waals surface area contributed by atoms with Gasteiger partial charge in [0.1, 0.15) is 5.82 Å². The standard InChI is InChI=1S/C22H17Cl2N3/c1-14-6-2-4-8-19(14)26-22-13-21(16-7-3-5-9-20(16)27-22)25-15-10-11-17(23)18(24)12-15/h2-13H,1H3,(H2,25,26,27). The summed E-state index contributed by atoms with van der Waals surface area (Å²) < 4.78 is 0. The minimum absolute atomic E-state index is 0.512. The van der Waals surface area contributed by atoms with Crippen LogP contribution >= 0.6 is 23.2 Å². The average molecular weight is 394 g/mol. The zero-order valence-electron chi connectivity index (χ0n) is 14.6. The molecule has 1 heterocycles. The topological polar surface area (TPSA) is 37.0 Å². The Labute approximate surface area is 168 Å². The number of para-hydroxylation sites is 2. The Kier molecular flexibility index (Phi) is 4.88. The van der Waals surface area contributed by atoms with Gasteiger partial charge in [0.2, 0.25) is 0 Å². The molecule has 1 aromatic heterocycles. The van der Waals surface area contributed by atoms with Crippen molar-refractivity contribution in [1.82, 2.24) is 4.98 Å². The molecule has 0 saturated carbocycles. The molecule has 0 radical (unpaired) electrons. The number of nitrogens with zero attached hydrogens (tertiary/aromatic N) is 1. The van der Waals surface area contributed by atoms with Gasteiger partial charge in [-0.2, -0.15) is 0 Å². The molecule has 0 aliphatic rings. The van der Waals surface area contributed by atoms with Gasteiger partial charge >= 0.3 is 0 Å². The molecule has 4 rings (SSSR count). The lowest BCUT2D eigenvalue weighted by atomic mass is 10.1. The highest BCUT2D eigenvalue weighted by Gasteiger charge is 2.08. The molecule has 4 aromatic rings. The number of halogens is 2. The lowest BCUT2D eigenvalue weighted by Gasteiger charge is -2.14. The van der Waals surface area contributed by atoms with E-state index in [0.717, 1.165) is 39.3 Å². The first-order valence-electron chi connectivity index (χ1n) is 8.55. The molecule has 0 saturated heterocycles. The van der Waals surface area contributed by atoms with Crippen LogP contribution in [0.1, 0.15) is 5.56 Å². The Balaban J connectivity index is 1.76. The normalized spacial score (nSPS) is 10.8. The highest BCUT2D eigenvalue weighted by atomic mass is 35.5. The van der Waals surface area contributed by atoms with Crippen LogP contribution in [0.4, 0.5) is 22.9 Å². The zero-order chi connectivity index (χ0) is 18.8. The van der Waals surface area contributed by atoms with E-state index in [9.17, 15) is 0 Å². The van der Waals surface area contributed by atoms with Gasteiger partial charge in [-0.05, 0) is 42.8 Å². The molecular weight excluding hydrogens is 377 g/mol. The highest BCUT2D eigenvalue weighted by molar-refractivity contribution is 6.42. The second-order valence-electron chi connectivity index (χ2n) is 6.27. The van der Waals surface area contributed by atoms with Gasteiger partial charge < -0.3 is 10.6 Å². The molecule has 0 fully saturated rings. The van der Waals surface area contributed by atoms with Gasteiger partial charge in [0.15, 0.2) is 0 Å². The fraction of sp³-hybridized carbons (Fsp3) is 0.0455. The van der Waals surface area contributed by atoms with Crippen LogP contribution < -0.4 is 10.6 Å². The Hall–Kier alpha value is -2.75. The number of benzene rings is 3. The predicted molar refractivity (Wildman–Crippen MR) is 116 cm³/mol. The molecule has 134 valence electrons. The number of nitrogens with one attached hydrogen (secondary N) is 2. The number of aromatic nitrogens is 1. The van der Waals surface area contributed by atoms with Crippen molar-refractivity contribution in [3.05, 3.63) is 88.4 Å². The van der Waals surface area contributed by atoms with Gasteiger partial charge in [0.25, 0.3) is 0 Å². The third-order valence-electron chi connectivity index (χ3n) is 4.32. The summed E-state index contributed by atoms with van der Waals surface area (Å²) in [4.78, 5) is 4.75. The van der Waals surface area contributed by atoms with E-state index in [0.29, 0.717) is 10.0 Å². The lowest BCUT2D eigenvalue weighted by Crippen LogP contribution is -1.99. The van der Waals surface area contributed by atoms with E-state index < -0.39 is 0 Å². The fourth-order valence-electron chi connectivity index (χ4n) is 2.92. The van der Waals surface area contributed by atoms with Gasteiger partial charge in [0.05, 0.1) is 21.2 Å². The molecule has 3 nitrogen and oxygen atoms in total. The summed E-state index contributed by atoms with van der Waals surface area (Å²) in [6.45, 7) is 2.07. The molecule has 0 amide bonds. The van der Waals surface area contributed by atoms with Gasteiger partial charge in [-0.3, -0.25) is 0 Å². The van der Waals surface area contributed by atoms with Crippen LogP contribution in [0, 0.1) is 6.92 Å². The van der Waals surface area contributed by atoms with Gasteiger partial charge in [0, 0.05) is 22.8 Å². The Morgan fingerprint density at radius 1 is 0.741 bits per heavy atom. The lowest BCUT2D eigenvalue weighted by molar-refractivity contribution is 1.34. The molecule has 0 spiro atoms. The molecule has 5 heteroatoms. The first kappa shape index (κ1) is 17.7. The van der Waals surface area contributed by atoms with Crippen molar-refractivity contribution >= 4 is 57.0 Å². The Morgan fingerprint density at radius 2 is 1.52 bits per heavy atom. The molecule has 0 aliphatic carbocycles. The monoisotopic (exact) mass is 393 g/mol. The molecule has 0 unspecified atom stereocenters.